The van der Waals surface area contributed by atoms with Gasteiger partial charge in [-0.2, -0.15) is 4.39 Å². The highest BCUT2D eigenvalue weighted by atomic mass is 79.9. The first-order valence-corrected chi connectivity index (χ1v) is 26.3. The van der Waals surface area contributed by atoms with Crippen LogP contribution in [0.25, 0.3) is 27.5 Å². The number of benzene rings is 4. The molecule has 0 spiro atoms. The van der Waals surface area contributed by atoms with Gasteiger partial charge in [-0.3, -0.25) is 59.4 Å². The molecule has 5 heterocycles. The first kappa shape index (κ1) is 60.5. The van der Waals surface area contributed by atoms with E-state index in [-0.39, 0.29) is 64.6 Å². The molecule has 35 heteroatoms. The molecule has 4 aromatic carbocycles. The van der Waals surface area contributed by atoms with Crippen molar-refractivity contribution in [2.24, 2.45) is 5.11 Å². The third-order valence-corrected chi connectivity index (χ3v) is 13.8. The zero-order valence-corrected chi connectivity index (χ0v) is 47.4. The molecule has 0 saturated carbocycles. The van der Waals surface area contributed by atoms with E-state index < -0.39 is 31.2 Å². The molecule has 408 valence electrons. The van der Waals surface area contributed by atoms with E-state index in [0.29, 0.717) is 48.9 Å². The Morgan fingerprint density at radius 2 is 1.10 bits per heavy atom. The minimum Gasteiger partial charge on any atom is -0.346 e. The van der Waals surface area contributed by atoms with Gasteiger partial charge in [-0.05, 0) is 84.4 Å². The average Bonchev–Trinajstić information content (AvgIpc) is 4.34. The van der Waals surface area contributed by atoms with Crippen LogP contribution < -0.4 is 16.2 Å². The predicted octanol–water partition coefficient (Wildman–Crippen LogP) is 12.3. The van der Waals surface area contributed by atoms with Crippen molar-refractivity contribution in [1.82, 2.24) is 45.2 Å². The highest BCUT2D eigenvalue weighted by Gasteiger charge is 2.21. The predicted molar refractivity (Wildman–Crippen MR) is 301 cm³/mol. The van der Waals surface area contributed by atoms with Crippen LogP contribution in [-0.4, -0.2) is 66.1 Å². The van der Waals surface area contributed by atoms with Crippen LogP contribution >= 0.6 is 93.7 Å². The van der Waals surface area contributed by atoms with Gasteiger partial charge in [0.25, 0.3) is 34.4 Å². The Balaban J connectivity index is 0.000000187. The highest BCUT2D eigenvalue weighted by Crippen LogP contribution is 2.31. The molecule has 0 aliphatic rings. The fourth-order valence-corrected chi connectivity index (χ4v) is 9.23. The van der Waals surface area contributed by atoms with Gasteiger partial charge >= 0.3 is 5.69 Å². The molecule has 0 radical (unpaired) electrons. The molecule has 2 amide bonds. The molecule has 0 atom stereocenters. The zero-order valence-electron chi connectivity index (χ0n) is 39.5. The van der Waals surface area contributed by atoms with E-state index in [9.17, 15) is 59.2 Å². The van der Waals surface area contributed by atoms with Crippen LogP contribution in [0.2, 0.25) is 8.67 Å². The second-order valence-electron chi connectivity index (χ2n) is 15.0. The van der Waals surface area contributed by atoms with Crippen LogP contribution in [0, 0.1) is 46.3 Å². The molecule has 0 aliphatic heterocycles. The summed E-state index contributed by atoms with van der Waals surface area (Å²) in [6.45, 7) is 0.221. The maximum Gasteiger partial charge on any atom is 0.305 e. The van der Waals surface area contributed by atoms with Gasteiger partial charge in [0.15, 0.2) is 0 Å². The first-order chi connectivity index (χ1) is 38.1. The van der Waals surface area contributed by atoms with E-state index >= 15 is 0 Å². The summed E-state index contributed by atoms with van der Waals surface area (Å²) in [5.41, 5.74) is 8.41. The van der Waals surface area contributed by atoms with Gasteiger partial charge in [0, 0.05) is 54.9 Å². The maximum atomic E-state index is 12.6. The lowest BCUT2D eigenvalue weighted by molar-refractivity contribution is -0.387. The number of amides is 2. The first-order valence-electron chi connectivity index (χ1n) is 21.5. The molecular weight excluding hydrogens is 1330 g/mol. The third-order valence-electron chi connectivity index (χ3n) is 9.81. The van der Waals surface area contributed by atoms with Crippen molar-refractivity contribution in [3.05, 3.63) is 244 Å². The summed E-state index contributed by atoms with van der Waals surface area (Å²) < 4.78 is 19.1. The van der Waals surface area contributed by atoms with E-state index in [2.05, 4.69) is 89.1 Å². The third kappa shape index (κ3) is 16.7. The number of nitro groups is 4. The Labute approximate surface area is 488 Å². The van der Waals surface area contributed by atoms with E-state index in [4.69, 9.17) is 28.7 Å². The van der Waals surface area contributed by atoms with Gasteiger partial charge in [-0.25, -0.2) is 9.36 Å². The molecule has 0 fully saturated rings. The monoisotopic (exact) mass is 1360 g/mol. The molecule has 5 aromatic heterocycles. The summed E-state index contributed by atoms with van der Waals surface area (Å²) in [6.07, 6.45) is 4.54. The van der Waals surface area contributed by atoms with Gasteiger partial charge < -0.3 is 10.6 Å². The Morgan fingerprint density at radius 1 is 0.637 bits per heavy atom. The highest BCUT2D eigenvalue weighted by molar-refractivity contribution is 9.11. The Bertz CT molecular complexity index is 3930. The SMILES string of the molecule is O=C(NCc1cn(-c2ccc(-n3ccccc3=O)cc2[N+](=O)[O-])nn1)c1ccc(Cl)s1.O=C(NCc1cn(-c2ccc(Br)cc2[N+](=O)[O-])nn1)c1ccc(Cl)s1.O=[N+]([O-])c1cc(Br)ccc1F.[N-]=[N+]=Nc1ccc(Br)cc1[N+](=O)[O-]. The number of nitrogens with zero attached hydrogens (tertiary/aromatic N) is 14. The molecule has 0 aliphatic carbocycles. The number of azide groups is 1. The largest absolute Gasteiger partial charge is 0.346 e. The number of carbonyl (C=O) groups is 2. The van der Waals surface area contributed by atoms with Crippen molar-refractivity contribution in [2.75, 3.05) is 0 Å². The number of aromatic nitrogens is 7. The standard InChI is InChI=1S/C19H13ClN6O4S.C14H9BrClN5O3S.C6H3BrFNO2.C6H3BrN4O2/c20-17-7-6-16(31-17)19(28)21-10-12-11-25(23-22-12)14-5-4-13(9-15(14)26(29)30)24-8-2-1-3-18(24)27;15-8-1-2-10(11(5-8)21(23)24)20-7-9(18-19-20)6-17-14(22)12-3-4-13(16)25-12;7-4-1-2-5(8)6(3-4)9(10)11;7-4-1-2-5(9-10-8)6(3-4)11(12)13/h1-9,11H,10H2,(H,21,28);1-5,7H,6H2,(H,17,22);1-3H;1-3H. The van der Waals surface area contributed by atoms with E-state index in [1.807, 2.05) is 0 Å². The van der Waals surface area contributed by atoms with Crippen molar-refractivity contribution in [2.45, 2.75) is 13.1 Å². The lowest BCUT2D eigenvalue weighted by Crippen LogP contribution is -2.21. The molecule has 0 bridgehead atoms. The minimum absolute atomic E-state index is 0.00991. The van der Waals surface area contributed by atoms with Crippen LogP contribution in [0.1, 0.15) is 30.7 Å². The summed E-state index contributed by atoms with van der Waals surface area (Å²) in [5.74, 6) is -1.41. The lowest BCUT2D eigenvalue weighted by atomic mass is 10.2. The molecule has 9 rings (SSSR count). The van der Waals surface area contributed by atoms with E-state index in [1.165, 1.54) is 86.3 Å². The van der Waals surface area contributed by atoms with Gasteiger partial charge in [-0.15, -0.1) is 32.9 Å². The van der Waals surface area contributed by atoms with Gasteiger partial charge in [0.05, 0.1) is 69.3 Å². The normalized spacial score (nSPS) is 10.3. The fourth-order valence-electron chi connectivity index (χ4n) is 6.26. The van der Waals surface area contributed by atoms with Gasteiger partial charge in [-0.1, -0.05) is 92.6 Å². The van der Waals surface area contributed by atoms with Gasteiger partial charge in [0.2, 0.25) is 5.82 Å². The minimum atomic E-state index is -0.821. The van der Waals surface area contributed by atoms with E-state index in [1.54, 1.807) is 60.7 Å². The number of carbonyl (C=O) groups excluding carboxylic acids is 2. The molecule has 9 aromatic rings. The van der Waals surface area contributed by atoms with Crippen LogP contribution in [0.3, 0.4) is 0 Å². The second-order valence-corrected chi connectivity index (χ2v) is 21.2. The maximum absolute atomic E-state index is 12.6. The smallest absolute Gasteiger partial charge is 0.305 e. The second kappa shape index (κ2) is 28.3. The number of nitrogens with one attached hydrogen (secondary N) is 2. The van der Waals surface area contributed by atoms with Crippen molar-refractivity contribution in [3.8, 4) is 17.1 Å². The average molecular weight is 1360 g/mol. The zero-order chi connectivity index (χ0) is 58.2. The molecule has 0 unspecified atom stereocenters. The number of thiophene rings is 2. The van der Waals surface area contributed by atoms with E-state index in [0.717, 1.165) is 23.5 Å². The van der Waals surface area contributed by atoms with Crippen molar-refractivity contribution < 1.29 is 33.7 Å². The Hall–Kier alpha value is -8.69. The summed E-state index contributed by atoms with van der Waals surface area (Å²) >= 11 is 23.2. The summed E-state index contributed by atoms with van der Waals surface area (Å²) in [6, 6.07) is 27.9. The lowest BCUT2D eigenvalue weighted by Gasteiger charge is -2.07. The number of rotatable bonds is 14. The van der Waals surface area contributed by atoms with Gasteiger partial charge in [0.1, 0.15) is 28.5 Å². The topological polar surface area (TPSA) is 363 Å². The molecule has 0 saturated heterocycles. The number of halogens is 6. The van der Waals surface area contributed by atoms with Crippen molar-refractivity contribution in [1.29, 1.82) is 0 Å². The van der Waals surface area contributed by atoms with Crippen molar-refractivity contribution >= 4 is 134 Å². The number of pyridine rings is 1. The van der Waals surface area contributed by atoms with Crippen LogP contribution in [-0.2, 0) is 13.1 Å². The summed E-state index contributed by atoms with van der Waals surface area (Å²) in [4.78, 5) is 80.5. The summed E-state index contributed by atoms with van der Waals surface area (Å²) in [7, 11) is 0. The fraction of sp³-hybridized carbons (Fsp3) is 0.0444. The van der Waals surface area contributed by atoms with Crippen molar-refractivity contribution in [3.63, 3.8) is 0 Å². The Morgan fingerprint density at radius 3 is 1.56 bits per heavy atom. The quantitative estimate of drug-likeness (QED) is 0.0336. The number of nitro benzene ring substituents is 4. The van der Waals surface area contributed by atoms with Crippen LogP contribution in [0.4, 0.5) is 32.8 Å². The Kier molecular flexibility index (Phi) is 21.4. The summed E-state index contributed by atoms with van der Waals surface area (Å²) in [5, 5.41) is 67.7. The molecule has 2 N–H and O–H groups in total. The number of hydrogen-bond acceptors (Lipinski definition) is 18. The van der Waals surface area contributed by atoms with Crippen LogP contribution in [0.15, 0.2) is 157 Å². The molecule has 27 nitrogen and oxygen atoms in total. The number of hydrogen-bond donors (Lipinski definition) is 2. The van der Waals surface area contributed by atoms with Crippen LogP contribution in [0.5, 0.6) is 0 Å². The molecular formula is C45H28Br3Cl2FN16O11S2. The molecule has 80 heavy (non-hydrogen) atoms.